The van der Waals surface area contributed by atoms with Crippen LogP contribution in [-0.2, 0) is 6.54 Å². The zero-order valence-electron chi connectivity index (χ0n) is 13.0. The number of anilines is 1. The van der Waals surface area contributed by atoms with Gasteiger partial charge in [-0.3, -0.25) is 0 Å². The van der Waals surface area contributed by atoms with Crippen LogP contribution in [-0.4, -0.2) is 25.7 Å². The second-order valence-corrected chi connectivity index (χ2v) is 4.79. The van der Waals surface area contributed by atoms with Crippen molar-refractivity contribution in [3.63, 3.8) is 0 Å². The molecule has 0 spiro atoms. The molecular formula is C17H19N3O2. The average Bonchev–Trinajstić information content (AvgIpc) is 2.56. The van der Waals surface area contributed by atoms with Gasteiger partial charge in [0.2, 0.25) is 0 Å². The van der Waals surface area contributed by atoms with E-state index in [1.807, 2.05) is 43.1 Å². The lowest BCUT2D eigenvalue weighted by Gasteiger charge is -2.19. The first-order valence-electron chi connectivity index (χ1n) is 7.05. The SMILES string of the molecule is CCOc1ccc(CN(C)c2ccc(C#N)cn2)cc1OC. The van der Waals surface area contributed by atoms with Crippen molar-refractivity contribution in [1.82, 2.24) is 4.98 Å². The van der Waals surface area contributed by atoms with E-state index in [2.05, 4.69) is 11.1 Å². The van der Waals surface area contributed by atoms with Gasteiger partial charge >= 0.3 is 0 Å². The molecule has 2 aromatic rings. The Labute approximate surface area is 130 Å². The topological polar surface area (TPSA) is 58.4 Å². The fourth-order valence-corrected chi connectivity index (χ4v) is 2.12. The molecule has 0 bridgehead atoms. The molecule has 1 aromatic carbocycles. The van der Waals surface area contributed by atoms with E-state index in [1.165, 1.54) is 0 Å². The largest absolute Gasteiger partial charge is 0.493 e. The molecule has 1 heterocycles. The second-order valence-electron chi connectivity index (χ2n) is 4.79. The van der Waals surface area contributed by atoms with Gasteiger partial charge in [0.25, 0.3) is 0 Å². The number of methoxy groups -OCH3 is 1. The van der Waals surface area contributed by atoms with Crippen molar-refractivity contribution in [2.24, 2.45) is 0 Å². The third kappa shape index (κ3) is 3.67. The zero-order chi connectivity index (χ0) is 15.9. The highest BCUT2D eigenvalue weighted by Crippen LogP contribution is 2.28. The summed E-state index contributed by atoms with van der Waals surface area (Å²) in [7, 11) is 3.59. The van der Waals surface area contributed by atoms with Crippen molar-refractivity contribution >= 4 is 5.82 Å². The van der Waals surface area contributed by atoms with Gasteiger partial charge < -0.3 is 14.4 Å². The highest BCUT2D eigenvalue weighted by molar-refractivity contribution is 5.46. The zero-order valence-corrected chi connectivity index (χ0v) is 13.0. The molecule has 5 nitrogen and oxygen atoms in total. The summed E-state index contributed by atoms with van der Waals surface area (Å²) in [5.74, 6) is 2.28. The van der Waals surface area contributed by atoms with Crippen molar-refractivity contribution in [3.8, 4) is 17.6 Å². The number of pyridine rings is 1. The molecule has 114 valence electrons. The van der Waals surface area contributed by atoms with E-state index in [1.54, 1.807) is 19.4 Å². The second kappa shape index (κ2) is 7.32. The Bertz CT molecular complexity index is 663. The Morgan fingerprint density at radius 3 is 2.64 bits per heavy atom. The number of nitriles is 1. The van der Waals surface area contributed by atoms with Crippen molar-refractivity contribution in [1.29, 1.82) is 5.26 Å². The first-order valence-corrected chi connectivity index (χ1v) is 7.05. The lowest BCUT2D eigenvalue weighted by atomic mass is 10.2. The van der Waals surface area contributed by atoms with E-state index in [9.17, 15) is 0 Å². The average molecular weight is 297 g/mol. The van der Waals surface area contributed by atoms with Crippen LogP contribution >= 0.6 is 0 Å². The monoisotopic (exact) mass is 297 g/mol. The molecule has 0 aliphatic rings. The van der Waals surface area contributed by atoms with Crippen LogP contribution < -0.4 is 14.4 Å². The van der Waals surface area contributed by atoms with Gasteiger partial charge in [-0.25, -0.2) is 4.98 Å². The van der Waals surface area contributed by atoms with Gasteiger partial charge in [0.1, 0.15) is 11.9 Å². The van der Waals surface area contributed by atoms with E-state index in [0.29, 0.717) is 18.7 Å². The number of nitrogens with zero attached hydrogens (tertiary/aromatic N) is 3. The van der Waals surface area contributed by atoms with E-state index in [4.69, 9.17) is 14.7 Å². The van der Waals surface area contributed by atoms with Crippen molar-refractivity contribution in [2.45, 2.75) is 13.5 Å². The van der Waals surface area contributed by atoms with Crippen LogP contribution in [0.2, 0.25) is 0 Å². The summed E-state index contributed by atoms with van der Waals surface area (Å²) in [6.07, 6.45) is 1.57. The van der Waals surface area contributed by atoms with Crippen molar-refractivity contribution < 1.29 is 9.47 Å². The van der Waals surface area contributed by atoms with Crippen molar-refractivity contribution in [2.75, 3.05) is 25.7 Å². The molecule has 2 rings (SSSR count). The van der Waals surface area contributed by atoms with Gasteiger partial charge in [-0.2, -0.15) is 5.26 Å². The molecule has 0 atom stereocenters. The maximum Gasteiger partial charge on any atom is 0.161 e. The minimum absolute atomic E-state index is 0.555. The van der Waals surface area contributed by atoms with E-state index in [-0.39, 0.29) is 0 Å². The molecule has 0 amide bonds. The van der Waals surface area contributed by atoms with Crippen molar-refractivity contribution in [3.05, 3.63) is 47.7 Å². The third-order valence-electron chi connectivity index (χ3n) is 3.22. The Kier molecular flexibility index (Phi) is 5.21. The fraction of sp³-hybridized carbons (Fsp3) is 0.294. The van der Waals surface area contributed by atoms with Gasteiger partial charge in [0.05, 0.1) is 19.3 Å². The predicted molar refractivity (Wildman–Crippen MR) is 85.2 cm³/mol. The van der Waals surface area contributed by atoms with Gasteiger partial charge in [-0.05, 0) is 36.8 Å². The first kappa shape index (κ1) is 15.6. The number of rotatable bonds is 6. The molecule has 1 aromatic heterocycles. The van der Waals surface area contributed by atoms with Gasteiger partial charge in [-0.1, -0.05) is 6.07 Å². The van der Waals surface area contributed by atoms with E-state index < -0.39 is 0 Å². The Hall–Kier alpha value is -2.74. The highest BCUT2D eigenvalue weighted by atomic mass is 16.5. The number of hydrogen-bond acceptors (Lipinski definition) is 5. The molecule has 0 N–H and O–H groups in total. The van der Waals surface area contributed by atoms with E-state index in [0.717, 1.165) is 22.9 Å². The van der Waals surface area contributed by atoms with Crippen LogP contribution in [0.4, 0.5) is 5.82 Å². The normalized spacial score (nSPS) is 9.91. The lowest BCUT2D eigenvalue weighted by Crippen LogP contribution is -2.17. The number of aromatic nitrogens is 1. The minimum Gasteiger partial charge on any atom is -0.493 e. The third-order valence-corrected chi connectivity index (χ3v) is 3.22. The molecular weight excluding hydrogens is 278 g/mol. The van der Waals surface area contributed by atoms with Crippen LogP contribution in [0.15, 0.2) is 36.5 Å². The lowest BCUT2D eigenvalue weighted by molar-refractivity contribution is 0.310. The van der Waals surface area contributed by atoms with Gasteiger partial charge in [0.15, 0.2) is 11.5 Å². The van der Waals surface area contributed by atoms with Crippen LogP contribution in [0.3, 0.4) is 0 Å². The van der Waals surface area contributed by atoms with Gasteiger partial charge in [-0.15, -0.1) is 0 Å². The maximum atomic E-state index is 8.80. The molecule has 0 aliphatic carbocycles. The first-order chi connectivity index (χ1) is 10.7. The smallest absolute Gasteiger partial charge is 0.161 e. The van der Waals surface area contributed by atoms with Crippen LogP contribution in [0, 0.1) is 11.3 Å². The predicted octanol–water partition coefficient (Wildman–Crippen LogP) is 3.00. The Morgan fingerprint density at radius 2 is 2.05 bits per heavy atom. The molecule has 0 saturated heterocycles. The van der Waals surface area contributed by atoms with Crippen LogP contribution in [0.25, 0.3) is 0 Å². The molecule has 5 heteroatoms. The minimum atomic E-state index is 0.555. The molecule has 0 unspecified atom stereocenters. The summed E-state index contributed by atoms with van der Waals surface area (Å²) in [5.41, 5.74) is 1.65. The van der Waals surface area contributed by atoms with Crippen LogP contribution in [0.5, 0.6) is 11.5 Å². The Balaban J connectivity index is 2.13. The van der Waals surface area contributed by atoms with Crippen LogP contribution in [0.1, 0.15) is 18.1 Å². The Morgan fingerprint density at radius 1 is 1.23 bits per heavy atom. The number of ether oxygens (including phenoxy) is 2. The molecule has 0 fully saturated rings. The number of benzene rings is 1. The molecule has 0 saturated carbocycles. The maximum absolute atomic E-state index is 8.80. The standard InChI is InChI=1S/C17H19N3O2/c1-4-22-15-7-5-13(9-16(15)21-3)12-20(2)17-8-6-14(10-18)11-19-17/h5-9,11H,4,12H2,1-3H3. The molecule has 22 heavy (non-hydrogen) atoms. The summed E-state index contributed by atoms with van der Waals surface area (Å²) >= 11 is 0. The van der Waals surface area contributed by atoms with E-state index >= 15 is 0 Å². The fourth-order valence-electron chi connectivity index (χ4n) is 2.12. The summed E-state index contributed by atoms with van der Waals surface area (Å²) < 4.78 is 10.9. The van der Waals surface area contributed by atoms with Gasteiger partial charge in [0, 0.05) is 19.8 Å². The highest BCUT2D eigenvalue weighted by Gasteiger charge is 2.08. The number of hydrogen-bond donors (Lipinski definition) is 0. The summed E-state index contributed by atoms with van der Waals surface area (Å²) in [4.78, 5) is 6.29. The molecule has 0 radical (unpaired) electrons. The molecule has 0 aliphatic heterocycles. The quantitative estimate of drug-likeness (QED) is 0.820. The summed E-state index contributed by atoms with van der Waals surface area (Å²) in [5, 5.41) is 8.80. The summed E-state index contributed by atoms with van der Waals surface area (Å²) in [6.45, 7) is 3.23. The summed E-state index contributed by atoms with van der Waals surface area (Å²) in [6, 6.07) is 11.5.